The Hall–Kier alpha value is -0.610. The van der Waals surface area contributed by atoms with E-state index in [0.29, 0.717) is 0 Å². The minimum atomic E-state index is -0.817. The number of esters is 1. The molecule has 2 atom stereocenters. The van der Waals surface area contributed by atoms with Crippen molar-refractivity contribution in [3.63, 3.8) is 0 Å². The van der Waals surface area contributed by atoms with Crippen LogP contribution in [0.4, 0.5) is 0 Å². The Morgan fingerprint density at radius 3 is 2.67 bits per heavy atom. The van der Waals surface area contributed by atoms with E-state index in [2.05, 4.69) is 4.74 Å². The lowest BCUT2D eigenvalue weighted by Gasteiger charge is -2.07. The first-order chi connectivity index (χ1) is 4.24. The van der Waals surface area contributed by atoms with E-state index in [1.807, 2.05) is 0 Å². The summed E-state index contributed by atoms with van der Waals surface area (Å²) in [5.74, 6) is -0.443. The van der Waals surface area contributed by atoms with Crippen LogP contribution in [0.5, 0.6) is 0 Å². The number of hydrogen-bond acceptors (Lipinski definition) is 4. The van der Waals surface area contributed by atoms with Gasteiger partial charge in [0.15, 0.2) is 6.10 Å². The summed E-state index contributed by atoms with van der Waals surface area (Å²) in [6.45, 7) is -0.299. The van der Waals surface area contributed by atoms with Crippen molar-refractivity contribution in [3.05, 3.63) is 0 Å². The average Bonchev–Trinajstić information content (AvgIpc) is 2.10. The van der Waals surface area contributed by atoms with Gasteiger partial charge in [-0.25, -0.2) is 0 Å². The molecule has 0 aromatic heterocycles. The highest BCUT2D eigenvalue weighted by atomic mass is 16.6. The van der Waals surface area contributed by atoms with Crippen LogP contribution in [0.2, 0.25) is 0 Å². The lowest BCUT2D eigenvalue weighted by atomic mass is 10.2. The van der Waals surface area contributed by atoms with Gasteiger partial charge in [-0.3, -0.25) is 4.79 Å². The molecule has 0 spiro atoms. The van der Waals surface area contributed by atoms with E-state index in [1.165, 1.54) is 0 Å². The highest BCUT2D eigenvalue weighted by Crippen LogP contribution is 2.13. The van der Waals surface area contributed by atoms with Crippen LogP contribution in [-0.4, -0.2) is 35.0 Å². The van der Waals surface area contributed by atoms with Gasteiger partial charge in [-0.2, -0.15) is 0 Å². The molecule has 4 heteroatoms. The normalized spacial score (nSPS) is 34.7. The molecule has 0 radical (unpaired) electrons. The number of cyclic esters (lactones) is 1. The number of ether oxygens (including phenoxy) is 1. The molecule has 1 rings (SSSR count). The minimum absolute atomic E-state index is 0.00519. The van der Waals surface area contributed by atoms with Gasteiger partial charge in [0.2, 0.25) is 0 Å². The van der Waals surface area contributed by atoms with E-state index in [0.717, 1.165) is 0 Å². The van der Waals surface area contributed by atoms with E-state index < -0.39 is 18.2 Å². The highest BCUT2D eigenvalue weighted by molar-refractivity contribution is 5.72. The third kappa shape index (κ3) is 1.20. The molecule has 0 aromatic carbocycles. The van der Waals surface area contributed by atoms with Crippen molar-refractivity contribution < 1.29 is 19.7 Å². The van der Waals surface area contributed by atoms with Crippen LogP contribution >= 0.6 is 0 Å². The molecular formula is C5H8O4. The summed E-state index contributed by atoms with van der Waals surface area (Å²) >= 11 is 0. The zero-order valence-electron chi connectivity index (χ0n) is 4.78. The van der Waals surface area contributed by atoms with Gasteiger partial charge in [0.1, 0.15) is 6.10 Å². The molecular weight excluding hydrogens is 124 g/mol. The van der Waals surface area contributed by atoms with E-state index in [4.69, 9.17) is 10.2 Å². The highest BCUT2D eigenvalue weighted by Gasteiger charge is 2.32. The second-order valence-corrected chi connectivity index (χ2v) is 1.98. The SMILES string of the molecule is O=C1C[C@H](O)C(CO)O1. The van der Waals surface area contributed by atoms with Crippen LogP contribution < -0.4 is 0 Å². The van der Waals surface area contributed by atoms with Crippen LogP contribution in [0.1, 0.15) is 6.42 Å². The summed E-state index contributed by atoms with van der Waals surface area (Å²) in [7, 11) is 0. The van der Waals surface area contributed by atoms with Crippen LogP contribution in [0.3, 0.4) is 0 Å². The Kier molecular flexibility index (Phi) is 1.68. The molecule has 1 heterocycles. The summed E-state index contributed by atoms with van der Waals surface area (Å²) in [4.78, 5) is 10.3. The van der Waals surface area contributed by atoms with E-state index in [-0.39, 0.29) is 13.0 Å². The fourth-order valence-corrected chi connectivity index (χ4v) is 0.757. The van der Waals surface area contributed by atoms with Crippen molar-refractivity contribution in [1.82, 2.24) is 0 Å². The molecule has 2 N–H and O–H groups in total. The van der Waals surface area contributed by atoms with Crippen LogP contribution in [0.25, 0.3) is 0 Å². The first-order valence-electron chi connectivity index (χ1n) is 2.72. The summed E-state index contributed by atoms with van der Waals surface area (Å²) in [6, 6.07) is 0. The van der Waals surface area contributed by atoms with Gasteiger partial charge >= 0.3 is 5.97 Å². The maximum absolute atomic E-state index is 10.3. The van der Waals surface area contributed by atoms with Gasteiger partial charge in [-0.1, -0.05) is 0 Å². The Bertz CT molecular complexity index is 122. The molecule has 1 aliphatic heterocycles. The van der Waals surface area contributed by atoms with Crippen LogP contribution in [-0.2, 0) is 9.53 Å². The zero-order chi connectivity index (χ0) is 6.85. The van der Waals surface area contributed by atoms with Gasteiger partial charge in [-0.15, -0.1) is 0 Å². The fraction of sp³-hybridized carbons (Fsp3) is 0.800. The van der Waals surface area contributed by atoms with Crippen LogP contribution in [0.15, 0.2) is 0 Å². The molecule has 0 bridgehead atoms. The maximum Gasteiger partial charge on any atom is 0.309 e. The topological polar surface area (TPSA) is 66.8 Å². The number of rotatable bonds is 1. The van der Waals surface area contributed by atoms with Crippen molar-refractivity contribution in [3.8, 4) is 0 Å². The van der Waals surface area contributed by atoms with Crippen molar-refractivity contribution in [2.24, 2.45) is 0 Å². The second-order valence-electron chi connectivity index (χ2n) is 1.98. The predicted molar refractivity (Wildman–Crippen MR) is 27.6 cm³/mol. The molecule has 0 aliphatic carbocycles. The molecule has 1 fully saturated rings. The number of hydrogen-bond donors (Lipinski definition) is 2. The summed E-state index contributed by atoms with van der Waals surface area (Å²) in [5.41, 5.74) is 0. The number of aliphatic hydroxyl groups excluding tert-OH is 2. The smallest absolute Gasteiger partial charge is 0.309 e. The maximum atomic E-state index is 10.3. The van der Waals surface area contributed by atoms with Crippen molar-refractivity contribution >= 4 is 5.97 Å². The Labute approximate surface area is 52.1 Å². The first kappa shape index (κ1) is 6.51. The van der Waals surface area contributed by atoms with Crippen molar-refractivity contribution in [2.45, 2.75) is 18.6 Å². The third-order valence-electron chi connectivity index (χ3n) is 1.27. The van der Waals surface area contributed by atoms with Crippen LogP contribution in [0, 0.1) is 0 Å². The van der Waals surface area contributed by atoms with Gasteiger partial charge in [-0.05, 0) is 0 Å². The zero-order valence-corrected chi connectivity index (χ0v) is 4.78. The van der Waals surface area contributed by atoms with Crippen molar-refractivity contribution in [1.29, 1.82) is 0 Å². The van der Waals surface area contributed by atoms with Gasteiger partial charge in [0.25, 0.3) is 0 Å². The average molecular weight is 132 g/mol. The first-order valence-corrected chi connectivity index (χ1v) is 2.72. The lowest BCUT2D eigenvalue weighted by Crippen LogP contribution is -2.24. The summed E-state index contributed by atoms with van der Waals surface area (Å²) < 4.78 is 4.48. The lowest BCUT2D eigenvalue weighted by molar-refractivity contribution is -0.143. The number of carbonyl (C=O) groups excluding carboxylic acids is 1. The minimum Gasteiger partial charge on any atom is -0.457 e. The largest absolute Gasteiger partial charge is 0.457 e. The summed E-state index contributed by atoms with van der Waals surface area (Å²) in [5, 5.41) is 17.3. The third-order valence-corrected chi connectivity index (χ3v) is 1.27. The molecule has 0 aromatic rings. The molecule has 9 heavy (non-hydrogen) atoms. The molecule has 1 saturated heterocycles. The van der Waals surface area contributed by atoms with Gasteiger partial charge in [0, 0.05) is 0 Å². The fourth-order valence-electron chi connectivity index (χ4n) is 0.757. The van der Waals surface area contributed by atoms with Gasteiger partial charge in [0.05, 0.1) is 13.0 Å². The number of aliphatic hydroxyl groups is 2. The Balaban J connectivity index is 2.47. The monoisotopic (exact) mass is 132 g/mol. The van der Waals surface area contributed by atoms with Crippen molar-refractivity contribution in [2.75, 3.05) is 6.61 Å². The molecule has 0 amide bonds. The van der Waals surface area contributed by atoms with E-state index in [9.17, 15) is 4.79 Å². The Morgan fingerprint density at radius 1 is 1.78 bits per heavy atom. The van der Waals surface area contributed by atoms with Gasteiger partial charge < -0.3 is 14.9 Å². The second kappa shape index (κ2) is 2.33. The predicted octanol–water partition coefficient (Wildman–Crippen LogP) is -1.34. The quantitative estimate of drug-likeness (QED) is 0.433. The molecule has 0 saturated carbocycles. The molecule has 1 aliphatic rings. The molecule has 52 valence electrons. The van der Waals surface area contributed by atoms with E-state index in [1.54, 1.807) is 0 Å². The summed E-state index contributed by atoms with van der Waals surface area (Å²) in [6.07, 6.45) is -1.51. The molecule has 1 unspecified atom stereocenters. The van der Waals surface area contributed by atoms with E-state index >= 15 is 0 Å². The standard InChI is InChI=1S/C5H8O4/c6-2-4-3(7)1-5(8)9-4/h3-4,6-7H,1-2H2/t3-,4?/m0/s1. The number of carbonyl (C=O) groups is 1. The molecule has 4 nitrogen and oxygen atoms in total. The Morgan fingerprint density at radius 2 is 2.44 bits per heavy atom.